The van der Waals surface area contributed by atoms with Crippen LogP contribution in [-0.2, 0) is 0 Å². The third kappa shape index (κ3) is 4.38. The standard InChI is InChI=1S/C10H14BrNSi/c1-13(2,3)12-8-9-4-6-10(11)7-5-9/h4-8H,1-3H3/b12-8+. The van der Waals surface area contributed by atoms with Gasteiger partial charge in [-0.25, -0.2) is 0 Å². The molecule has 1 aromatic rings. The zero-order valence-electron chi connectivity index (χ0n) is 8.21. The lowest BCUT2D eigenvalue weighted by Gasteiger charge is -2.07. The maximum Gasteiger partial charge on any atom is 0.172 e. The number of hydrogen-bond acceptors (Lipinski definition) is 1. The largest absolute Gasteiger partial charge is 0.329 e. The van der Waals surface area contributed by atoms with Crippen LogP contribution in [-0.4, -0.2) is 14.5 Å². The van der Waals surface area contributed by atoms with Gasteiger partial charge in [-0.05, 0) is 37.3 Å². The molecule has 0 spiro atoms. The Bertz CT molecular complexity index is 298. The molecule has 0 unspecified atom stereocenters. The van der Waals surface area contributed by atoms with Crippen LogP contribution in [0.5, 0.6) is 0 Å². The summed E-state index contributed by atoms with van der Waals surface area (Å²) < 4.78 is 5.66. The predicted octanol–water partition coefficient (Wildman–Crippen LogP) is 3.70. The van der Waals surface area contributed by atoms with E-state index in [1.807, 2.05) is 18.3 Å². The van der Waals surface area contributed by atoms with E-state index in [0.717, 1.165) is 4.47 Å². The summed E-state index contributed by atoms with van der Waals surface area (Å²) in [5.41, 5.74) is 1.17. The molecule has 1 rings (SSSR count). The van der Waals surface area contributed by atoms with E-state index in [1.165, 1.54) is 5.56 Å². The van der Waals surface area contributed by atoms with Crippen molar-refractivity contribution in [2.45, 2.75) is 19.6 Å². The van der Waals surface area contributed by atoms with Crippen molar-refractivity contribution in [3.05, 3.63) is 34.3 Å². The second-order valence-corrected chi connectivity index (χ2v) is 9.50. The van der Waals surface area contributed by atoms with Crippen LogP contribution < -0.4 is 0 Å². The zero-order chi connectivity index (χ0) is 9.90. The highest BCUT2D eigenvalue weighted by Crippen LogP contribution is 2.10. The number of benzene rings is 1. The lowest BCUT2D eigenvalue weighted by Crippen LogP contribution is -2.16. The van der Waals surface area contributed by atoms with Gasteiger partial charge in [0.25, 0.3) is 0 Å². The van der Waals surface area contributed by atoms with Crippen LogP contribution in [0.4, 0.5) is 0 Å². The molecular formula is C10H14BrNSi. The molecule has 1 aromatic carbocycles. The molecule has 70 valence electrons. The minimum Gasteiger partial charge on any atom is -0.329 e. The molecule has 0 fully saturated rings. The van der Waals surface area contributed by atoms with Gasteiger partial charge in [0.1, 0.15) is 0 Å². The second kappa shape index (κ2) is 4.20. The maximum atomic E-state index is 4.56. The van der Waals surface area contributed by atoms with Crippen LogP contribution in [0.25, 0.3) is 0 Å². The second-order valence-electron chi connectivity index (χ2n) is 3.98. The minimum absolute atomic E-state index is 1.11. The molecule has 0 atom stereocenters. The first kappa shape index (κ1) is 10.7. The lowest BCUT2D eigenvalue weighted by atomic mass is 10.2. The smallest absolute Gasteiger partial charge is 0.172 e. The SMILES string of the molecule is C[Si](C)(C)/N=C/c1ccc(Br)cc1. The summed E-state index contributed by atoms with van der Waals surface area (Å²) in [5.74, 6) is 0. The van der Waals surface area contributed by atoms with Crippen molar-refractivity contribution in [1.82, 2.24) is 0 Å². The zero-order valence-corrected chi connectivity index (χ0v) is 10.8. The lowest BCUT2D eigenvalue weighted by molar-refractivity contribution is 1.55. The van der Waals surface area contributed by atoms with Gasteiger partial charge in [0.2, 0.25) is 0 Å². The molecule has 3 heteroatoms. The fraction of sp³-hybridized carbons (Fsp3) is 0.300. The average molecular weight is 256 g/mol. The van der Waals surface area contributed by atoms with Gasteiger partial charge in [-0.3, -0.25) is 0 Å². The normalized spacial score (nSPS) is 12.3. The monoisotopic (exact) mass is 255 g/mol. The van der Waals surface area contributed by atoms with Crippen molar-refractivity contribution >= 4 is 30.4 Å². The van der Waals surface area contributed by atoms with Gasteiger partial charge in [-0.2, -0.15) is 0 Å². The van der Waals surface area contributed by atoms with Gasteiger partial charge in [-0.1, -0.05) is 28.1 Å². The quantitative estimate of drug-likeness (QED) is 0.565. The van der Waals surface area contributed by atoms with E-state index in [4.69, 9.17) is 0 Å². The Morgan fingerprint density at radius 1 is 1.15 bits per heavy atom. The fourth-order valence-corrected chi connectivity index (χ4v) is 1.62. The van der Waals surface area contributed by atoms with Crippen molar-refractivity contribution in [1.29, 1.82) is 0 Å². The van der Waals surface area contributed by atoms with Crippen LogP contribution in [0, 0.1) is 0 Å². The van der Waals surface area contributed by atoms with E-state index in [-0.39, 0.29) is 0 Å². The van der Waals surface area contributed by atoms with Gasteiger partial charge >= 0.3 is 0 Å². The van der Waals surface area contributed by atoms with Crippen molar-refractivity contribution < 1.29 is 0 Å². The van der Waals surface area contributed by atoms with Gasteiger partial charge in [0, 0.05) is 10.7 Å². The highest BCUT2D eigenvalue weighted by Gasteiger charge is 2.08. The van der Waals surface area contributed by atoms with Gasteiger partial charge in [-0.15, -0.1) is 0 Å². The molecule has 0 aromatic heterocycles. The highest BCUT2D eigenvalue weighted by atomic mass is 79.9. The summed E-state index contributed by atoms with van der Waals surface area (Å²) in [6.07, 6.45) is 1.97. The van der Waals surface area contributed by atoms with Crippen molar-refractivity contribution in [2.24, 2.45) is 4.66 Å². The molecule has 0 saturated heterocycles. The molecule has 0 aliphatic carbocycles. The first-order chi connectivity index (χ1) is 5.97. The number of hydrogen-bond donors (Lipinski definition) is 0. The summed E-state index contributed by atoms with van der Waals surface area (Å²) in [7, 11) is -1.30. The first-order valence-electron chi connectivity index (χ1n) is 4.28. The number of nitrogens with zero attached hydrogens (tertiary/aromatic N) is 1. The molecule has 0 aliphatic heterocycles. The Morgan fingerprint density at radius 2 is 1.69 bits per heavy atom. The van der Waals surface area contributed by atoms with E-state index >= 15 is 0 Å². The first-order valence-corrected chi connectivity index (χ1v) is 8.52. The van der Waals surface area contributed by atoms with Crippen LogP contribution >= 0.6 is 15.9 Å². The third-order valence-electron chi connectivity index (χ3n) is 1.47. The Kier molecular flexibility index (Phi) is 3.45. The van der Waals surface area contributed by atoms with Crippen LogP contribution in [0.2, 0.25) is 19.6 Å². The molecule has 13 heavy (non-hydrogen) atoms. The summed E-state index contributed by atoms with van der Waals surface area (Å²) in [4.78, 5) is 0. The van der Waals surface area contributed by atoms with E-state index in [0.29, 0.717) is 0 Å². The van der Waals surface area contributed by atoms with Crippen LogP contribution in [0.15, 0.2) is 33.4 Å². The summed E-state index contributed by atoms with van der Waals surface area (Å²) in [6, 6.07) is 8.19. The predicted molar refractivity (Wildman–Crippen MR) is 65.1 cm³/mol. The fourth-order valence-electron chi connectivity index (χ4n) is 0.817. The van der Waals surface area contributed by atoms with Crippen molar-refractivity contribution in [2.75, 3.05) is 0 Å². The molecule has 0 saturated carbocycles. The van der Waals surface area contributed by atoms with E-state index in [2.05, 4.69) is 52.4 Å². The molecule has 0 N–H and O–H groups in total. The summed E-state index contributed by atoms with van der Waals surface area (Å²) >= 11 is 3.40. The molecular weight excluding hydrogens is 242 g/mol. The summed E-state index contributed by atoms with van der Waals surface area (Å²) in [6.45, 7) is 6.67. The van der Waals surface area contributed by atoms with E-state index < -0.39 is 8.24 Å². The molecule has 0 amide bonds. The van der Waals surface area contributed by atoms with Crippen LogP contribution in [0.3, 0.4) is 0 Å². The van der Waals surface area contributed by atoms with Crippen molar-refractivity contribution in [3.8, 4) is 0 Å². The molecule has 0 bridgehead atoms. The topological polar surface area (TPSA) is 12.4 Å². The Labute approximate surface area is 89.1 Å². The van der Waals surface area contributed by atoms with E-state index in [1.54, 1.807) is 0 Å². The van der Waals surface area contributed by atoms with Crippen molar-refractivity contribution in [3.63, 3.8) is 0 Å². The molecule has 0 aliphatic rings. The molecule has 1 nitrogen and oxygen atoms in total. The Hall–Kier alpha value is -0.413. The highest BCUT2D eigenvalue weighted by molar-refractivity contribution is 9.10. The Balaban J connectivity index is 2.75. The number of halogens is 1. The van der Waals surface area contributed by atoms with Gasteiger partial charge < -0.3 is 4.66 Å². The van der Waals surface area contributed by atoms with Crippen LogP contribution in [0.1, 0.15) is 5.56 Å². The van der Waals surface area contributed by atoms with Gasteiger partial charge in [0.15, 0.2) is 8.24 Å². The minimum atomic E-state index is -1.30. The molecule has 0 radical (unpaired) electrons. The number of rotatable bonds is 2. The third-order valence-corrected chi connectivity index (χ3v) is 2.90. The molecule has 0 heterocycles. The Morgan fingerprint density at radius 3 is 2.15 bits per heavy atom. The van der Waals surface area contributed by atoms with Gasteiger partial charge in [0.05, 0.1) is 0 Å². The van der Waals surface area contributed by atoms with E-state index in [9.17, 15) is 0 Å². The maximum absolute atomic E-state index is 4.56. The average Bonchev–Trinajstić information content (AvgIpc) is 2.02. The summed E-state index contributed by atoms with van der Waals surface area (Å²) in [5, 5.41) is 0.